The maximum atomic E-state index is 12.6. The Morgan fingerprint density at radius 3 is 2.00 bits per heavy atom. The molecule has 1 amide bonds. The summed E-state index contributed by atoms with van der Waals surface area (Å²) in [4.78, 5) is 14.3. The fourth-order valence-corrected chi connectivity index (χ4v) is 4.05. The number of fused-ring (bicyclic) bond motifs is 1. The van der Waals surface area contributed by atoms with Crippen LogP contribution >= 0.6 is 0 Å². The minimum absolute atomic E-state index is 0.0619. The largest absolute Gasteiger partial charge is 0.490 e. The first-order valence-electron chi connectivity index (χ1n) is 12.7. The number of rotatable bonds is 17. The molecule has 0 unspecified atom stereocenters. The monoisotopic (exact) mass is 429 g/mol. The molecule has 0 aliphatic rings. The molecule has 0 spiro atoms. The normalized spacial score (nSPS) is 11.2. The second kappa shape index (κ2) is 14.9. The van der Waals surface area contributed by atoms with Gasteiger partial charge in [-0.1, -0.05) is 89.7 Å². The predicted molar refractivity (Wildman–Crippen MR) is 130 cm³/mol. The number of hydrogen-bond donors (Lipinski definition) is 0. The molecule has 31 heavy (non-hydrogen) atoms. The topological polar surface area (TPSA) is 42.7 Å². The van der Waals surface area contributed by atoms with Gasteiger partial charge in [-0.15, -0.1) is 0 Å². The third-order valence-electron chi connectivity index (χ3n) is 6.02. The van der Waals surface area contributed by atoms with Crippen molar-refractivity contribution in [1.29, 1.82) is 0 Å². The molecular formula is C27H43NO3. The molecule has 0 atom stereocenters. The van der Waals surface area contributed by atoms with Crippen molar-refractivity contribution in [3.8, 4) is 5.75 Å². The lowest BCUT2D eigenvalue weighted by molar-refractivity contribution is 0.0743. The summed E-state index contributed by atoms with van der Waals surface area (Å²) in [5.41, 5.74) is 0.678. The summed E-state index contributed by atoms with van der Waals surface area (Å²) in [6.45, 7) is 8.27. The minimum Gasteiger partial charge on any atom is -0.490 e. The van der Waals surface area contributed by atoms with E-state index in [1.54, 1.807) is 4.90 Å². The van der Waals surface area contributed by atoms with Crippen molar-refractivity contribution in [3.63, 3.8) is 0 Å². The van der Waals surface area contributed by atoms with Gasteiger partial charge in [-0.2, -0.15) is 0 Å². The molecule has 4 heteroatoms. The quantitative estimate of drug-likeness (QED) is 0.239. The zero-order chi connectivity index (χ0) is 22.3. The van der Waals surface area contributed by atoms with E-state index in [4.69, 9.17) is 9.15 Å². The molecule has 0 fully saturated rings. The summed E-state index contributed by atoms with van der Waals surface area (Å²) >= 11 is 0. The van der Waals surface area contributed by atoms with Crippen LogP contribution < -0.4 is 4.74 Å². The van der Waals surface area contributed by atoms with Gasteiger partial charge >= 0.3 is 0 Å². The number of carbonyl (C=O) groups excluding carboxylic acids is 1. The van der Waals surface area contributed by atoms with Gasteiger partial charge in [0.05, 0.1) is 6.61 Å². The summed E-state index contributed by atoms with van der Waals surface area (Å²) in [7, 11) is 0. The Morgan fingerprint density at radius 2 is 1.42 bits per heavy atom. The molecule has 0 aliphatic heterocycles. The summed E-state index contributed by atoms with van der Waals surface area (Å²) in [6.07, 6.45) is 16.0. The van der Waals surface area contributed by atoms with Crippen LogP contribution in [-0.2, 0) is 0 Å². The van der Waals surface area contributed by atoms with E-state index >= 15 is 0 Å². The second-order valence-corrected chi connectivity index (χ2v) is 8.50. The first-order chi connectivity index (χ1) is 15.2. The van der Waals surface area contributed by atoms with Gasteiger partial charge in [0, 0.05) is 18.5 Å². The Hall–Kier alpha value is -1.97. The van der Waals surface area contributed by atoms with Gasteiger partial charge in [-0.3, -0.25) is 4.79 Å². The number of para-hydroxylation sites is 1. The Labute approximate surface area is 189 Å². The number of benzene rings is 1. The molecule has 0 N–H and O–H groups in total. The Kier molecular flexibility index (Phi) is 12.2. The molecule has 4 nitrogen and oxygen atoms in total. The molecule has 0 radical (unpaired) electrons. The summed E-state index contributed by atoms with van der Waals surface area (Å²) < 4.78 is 11.9. The highest BCUT2D eigenvalue weighted by molar-refractivity contribution is 5.97. The van der Waals surface area contributed by atoms with Crippen LogP contribution in [0.15, 0.2) is 28.7 Å². The Morgan fingerprint density at radius 1 is 0.839 bits per heavy atom. The maximum Gasteiger partial charge on any atom is 0.289 e. The van der Waals surface area contributed by atoms with Gasteiger partial charge in [-0.05, 0) is 32.4 Å². The molecule has 2 aromatic rings. The molecule has 174 valence electrons. The third kappa shape index (κ3) is 8.59. The molecule has 1 heterocycles. The summed E-state index contributed by atoms with van der Waals surface area (Å²) in [6, 6.07) is 7.68. The first kappa shape index (κ1) is 25.3. The fraction of sp³-hybridized carbons (Fsp3) is 0.667. The van der Waals surface area contributed by atoms with Crippen molar-refractivity contribution in [1.82, 2.24) is 4.90 Å². The van der Waals surface area contributed by atoms with Crippen LogP contribution in [0.4, 0.5) is 0 Å². The van der Waals surface area contributed by atoms with E-state index in [2.05, 4.69) is 6.92 Å². The van der Waals surface area contributed by atoms with Crippen molar-refractivity contribution < 1.29 is 13.9 Å². The van der Waals surface area contributed by atoms with Gasteiger partial charge in [0.25, 0.3) is 5.91 Å². The lowest BCUT2D eigenvalue weighted by Gasteiger charge is -2.16. The van der Waals surface area contributed by atoms with Crippen LogP contribution in [0.3, 0.4) is 0 Å². The number of furan rings is 1. The average molecular weight is 430 g/mol. The fourth-order valence-electron chi connectivity index (χ4n) is 4.05. The second-order valence-electron chi connectivity index (χ2n) is 8.50. The highest BCUT2D eigenvalue weighted by Crippen LogP contribution is 2.29. The number of ether oxygens (including phenoxy) is 1. The maximum absolute atomic E-state index is 12.6. The van der Waals surface area contributed by atoms with E-state index in [1.807, 2.05) is 38.1 Å². The molecule has 2 rings (SSSR count). The number of nitrogens with zero attached hydrogens (tertiary/aromatic N) is 1. The number of hydrogen-bond acceptors (Lipinski definition) is 3. The van der Waals surface area contributed by atoms with E-state index in [-0.39, 0.29) is 5.91 Å². The van der Waals surface area contributed by atoms with Crippen LogP contribution in [0.5, 0.6) is 5.75 Å². The van der Waals surface area contributed by atoms with Crippen molar-refractivity contribution in [2.75, 3.05) is 19.7 Å². The molecule has 1 aromatic heterocycles. The van der Waals surface area contributed by atoms with Crippen LogP contribution in [0.2, 0.25) is 0 Å². The highest BCUT2D eigenvalue weighted by atomic mass is 16.5. The molecule has 0 saturated carbocycles. The number of amides is 1. The molecule has 1 aromatic carbocycles. The SMILES string of the molecule is CCCCCCCCCCCCCCOc1cccc2cc(C(=O)N(CC)CC)oc12. The average Bonchev–Trinajstić information content (AvgIpc) is 3.23. The van der Waals surface area contributed by atoms with Crippen molar-refractivity contribution in [2.45, 2.75) is 97.8 Å². The smallest absolute Gasteiger partial charge is 0.289 e. The van der Waals surface area contributed by atoms with E-state index in [1.165, 1.54) is 70.6 Å². The van der Waals surface area contributed by atoms with Crippen LogP contribution in [-0.4, -0.2) is 30.5 Å². The van der Waals surface area contributed by atoms with E-state index in [0.29, 0.717) is 31.0 Å². The summed E-state index contributed by atoms with van der Waals surface area (Å²) in [5, 5.41) is 0.919. The van der Waals surface area contributed by atoms with Gasteiger partial charge in [0.1, 0.15) is 0 Å². The number of unbranched alkanes of at least 4 members (excludes halogenated alkanes) is 11. The standard InChI is InChI=1S/C27H43NO3/c1-4-7-8-9-10-11-12-13-14-15-16-17-21-30-24-20-18-19-23-22-25(31-26(23)24)27(29)28(5-2)6-3/h18-20,22H,4-17,21H2,1-3H3. The van der Waals surface area contributed by atoms with Gasteiger partial charge in [0.15, 0.2) is 17.1 Å². The molecule has 0 aliphatic carbocycles. The van der Waals surface area contributed by atoms with Crippen molar-refractivity contribution in [2.24, 2.45) is 0 Å². The van der Waals surface area contributed by atoms with Gasteiger partial charge in [0.2, 0.25) is 0 Å². The number of carbonyl (C=O) groups is 1. The zero-order valence-electron chi connectivity index (χ0n) is 20.1. The molecule has 0 saturated heterocycles. The van der Waals surface area contributed by atoms with Crippen molar-refractivity contribution in [3.05, 3.63) is 30.0 Å². The zero-order valence-corrected chi connectivity index (χ0v) is 20.1. The molecular weight excluding hydrogens is 386 g/mol. The minimum atomic E-state index is -0.0619. The molecule has 0 bridgehead atoms. The highest BCUT2D eigenvalue weighted by Gasteiger charge is 2.18. The van der Waals surface area contributed by atoms with Crippen LogP contribution in [0, 0.1) is 0 Å². The lowest BCUT2D eigenvalue weighted by Crippen LogP contribution is -2.30. The van der Waals surface area contributed by atoms with E-state index < -0.39 is 0 Å². The summed E-state index contributed by atoms with van der Waals surface area (Å²) in [5.74, 6) is 1.06. The Balaban J connectivity index is 1.65. The van der Waals surface area contributed by atoms with Crippen LogP contribution in [0.25, 0.3) is 11.0 Å². The van der Waals surface area contributed by atoms with Crippen molar-refractivity contribution >= 4 is 16.9 Å². The lowest BCUT2D eigenvalue weighted by atomic mass is 10.1. The third-order valence-corrected chi connectivity index (χ3v) is 6.02. The predicted octanol–water partition coefficient (Wildman–Crippen LogP) is 7.99. The van der Waals surface area contributed by atoms with Gasteiger partial charge < -0.3 is 14.1 Å². The van der Waals surface area contributed by atoms with Crippen LogP contribution in [0.1, 0.15) is 108 Å². The Bertz CT molecular complexity index is 748. The van der Waals surface area contributed by atoms with Gasteiger partial charge in [-0.25, -0.2) is 0 Å². The van der Waals surface area contributed by atoms with E-state index in [9.17, 15) is 4.79 Å². The van der Waals surface area contributed by atoms with E-state index in [0.717, 1.165) is 17.6 Å². The first-order valence-corrected chi connectivity index (χ1v) is 12.7.